The van der Waals surface area contributed by atoms with Crippen molar-refractivity contribution in [3.63, 3.8) is 0 Å². The van der Waals surface area contributed by atoms with Crippen molar-refractivity contribution in [1.29, 1.82) is 0 Å². The molecule has 0 aromatic rings. The van der Waals surface area contributed by atoms with Crippen LogP contribution in [0.4, 0.5) is 4.79 Å². The summed E-state index contributed by atoms with van der Waals surface area (Å²) in [5, 5.41) is 2.56. The third kappa shape index (κ3) is 9.61. The fourth-order valence-electron chi connectivity index (χ4n) is 1.59. The van der Waals surface area contributed by atoms with Gasteiger partial charge in [-0.2, -0.15) is 0 Å². The Morgan fingerprint density at radius 2 is 1.85 bits per heavy atom. The predicted octanol–water partition coefficient (Wildman–Crippen LogP) is 1.96. The zero-order valence-corrected chi connectivity index (χ0v) is 13.2. The summed E-state index contributed by atoms with van der Waals surface area (Å²) in [4.78, 5) is 23.5. The van der Waals surface area contributed by atoms with Crippen LogP contribution < -0.4 is 11.1 Å². The molecule has 0 rings (SSSR count). The molecule has 118 valence electrons. The number of alkyl carbamates (subject to hydrolysis) is 1. The lowest BCUT2D eigenvalue weighted by Gasteiger charge is -2.23. The molecule has 0 bridgehead atoms. The molecule has 0 aromatic carbocycles. The van der Waals surface area contributed by atoms with Gasteiger partial charge >= 0.3 is 12.1 Å². The number of ether oxygens (including phenoxy) is 2. The molecule has 0 radical (unpaired) electrons. The highest BCUT2D eigenvalue weighted by Crippen LogP contribution is 2.09. The number of hydrogen-bond acceptors (Lipinski definition) is 5. The molecular formula is C14H28N2O4. The summed E-state index contributed by atoms with van der Waals surface area (Å²) in [7, 11) is 0. The number of esters is 1. The van der Waals surface area contributed by atoms with E-state index in [9.17, 15) is 9.59 Å². The van der Waals surface area contributed by atoms with E-state index in [0.717, 1.165) is 12.8 Å². The summed E-state index contributed by atoms with van der Waals surface area (Å²) in [5.41, 5.74) is 5.07. The average molecular weight is 288 g/mol. The van der Waals surface area contributed by atoms with Crippen LogP contribution in [0.3, 0.4) is 0 Å². The number of amides is 1. The average Bonchev–Trinajstić information content (AvgIpc) is 2.24. The third-order valence-electron chi connectivity index (χ3n) is 2.41. The molecule has 6 heteroatoms. The van der Waals surface area contributed by atoms with Crippen molar-refractivity contribution in [2.24, 2.45) is 5.73 Å². The van der Waals surface area contributed by atoms with Crippen molar-refractivity contribution in [1.82, 2.24) is 5.32 Å². The van der Waals surface area contributed by atoms with Crippen LogP contribution in [0.25, 0.3) is 0 Å². The number of carbonyl (C=O) groups is 2. The SMILES string of the molecule is CCOC(=O)[C@H](CCC[C@H](C)N)NC(=O)OC(C)(C)C. The van der Waals surface area contributed by atoms with Gasteiger partial charge in [0, 0.05) is 6.04 Å². The fourth-order valence-corrected chi connectivity index (χ4v) is 1.59. The van der Waals surface area contributed by atoms with Crippen LogP contribution >= 0.6 is 0 Å². The van der Waals surface area contributed by atoms with Gasteiger partial charge in [0.15, 0.2) is 0 Å². The second-order valence-corrected chi connectivity index (χ2v) is 5.86. The highest BCUT2D eigenvalue weighted by Gasteiger charge is 2.25. The molecule has 2 atom stereocenters. The number of nitrogens with one attached hydrogen (secondary N) is 1. The molecule has 0 spiro atoms. The van der Waals surface area contributed by atoms with Gasteiger partial charge in [0.2, 0.25) is 0 Å². The number of rotatable bonds is 7. The van der Waals surface area contributed by atoms with Crippen molar-refractivity contribution in [3.8, 4) is 0 Å². The molecule has 0 aliphatic heterocycles. The maximum atomic E-state index is 11.8. The van der Waals surface area contributed by atoms with Crippen LogP contribution in [-0.2, 0) is 14.3 Å². The van der Waals surface area contributed by atoms with Crippen molar-refractivity contribution in [2.75, 3.05) is 6.61 Å². The second kappa shape index (κ2) is 8.79. The minimum Gasteiger partial charge on any atom is -0.464 e. The quantitative estimate of drug-likeness (QED) is 0.699. The van der Waals surface area contributed by atoms with Crippen LogP contribution in [-0.4, -0.2) is 36.4 Å². The van der Waals surface area contributed by atoms with Crippen LogP contribution in [0.5, 0.6) is 0 Å². The zero-order valence-electron chi connectivity index (χ0n) is 13.2. The Morgan fingerprint density at radius 1 is 1.25 bits per heavy atom. The van der Waals surface area contributed by atoms with Gasteiger partial charge < -0.3 is 20.5 Å². The maximum Gasteiger partial charge on any atom is 0.408 e. The highest BCUT2D eigenvalue weighted by molar-refractivity contribution is 5.81. The van der Waals surface area contributed by atoms with Gasteiger partial charge in [-0.05, 0) is 53.9 Å². The standard InChI is InChI=1S/C14H28N2O4/c1-6-19-12(17)11(9-7-8-10(2)15)16-13(18)20-14(3,4)5/h10-11H,6-9,15H2,1-5H3,(H,16,18)/t10-,11-/m0/s1. The van der Waals surface area contributed by atoms with E-state index in [1.165, 1.54) is 0 Å². The Kier molecular flexibility index (Phi) is 8.22. The van der Waals surface area contributed by atoms with E-state index in [4.69, 9.17) is 15.2 Å². The monoisotopic (exact) mass is 288 g/mol. The lowest BCUT2D eigenvalue weighted by molar-refractivity contribution is -0.145. The normalized spacial score (nSPS) is 14.3. The molecule has 1 amide bonds. The summed E-state index contributed by atoms with van der Waals surface area (Å²) in [6.07, 6.45) is 1.39. The van der Waals surface area contributed by atoms with Gasteiger partial charge in [0.05, 0.1) is 6.61 Å². The second-order valence-electron chi connectivity index (χ2n) is 5.86. The number of hydrogen-bond donors (Lipinski definition) is 2. The topological polar surface area (TPSA) is 90.6 Å². The van der Waals surface area contributed by atoms with E-state index in [1.807, 2.05) is 6.92 Å². The van der Waals surface area contributed by atoms with E-state index >= 15 is 0 Å². The van der Waals surface area contributed by atoms with E-state index in [1.54, 1.807) is 27.7 Å². The number of nitrogens with two attached hydrogens (primary N) is 1. The van der Waals surface area contributed by atoms with Gasteiger partial charge in [-0.15, -0.1) is 0 Å². The first-order valence-corrected chi connectivity index (χ1v) is 7.07. The van der Waals surface area contributed by atoms with Gasteiger partial charge in [-0.1, -0.05) is 0 Å². The first-order chi connectivity index (χ1) is 9.15. The molecule has 20 heavy (non-hydrogen) atoms. The summed E-state index contributed by atoms with van der Waals surface area (Å²) in [6, 6.07) is -0.622. The van der Waals surface area contributed by atoms with Crippen molar-refractivity contribution in [2.45, 2.75) is 71.6 Å². The fraction of sp³-hybridized carbons (Fsp3) is 0.857. The van der Waals surface area contributed by atoms with Gasteiger partial charge in [-0.3, -0.25) is 0 Å². The minimum atomic E-state index is -0.691. The van der Waals surface area contributed by atoms with Crippen LogP contribution in [0.2, 0.25) is 0 Å². The van der Waals surface area contributed by atoms with Gasteiger partial charge in [0.25, 0.3) is 0 Å². The first kappa shape index (κ1) is 18.7. The molecule has 3 N–H and O–H groups in total. The largest absolute Gasteiger partial charge is 0.464 e. The molecule has 0 saturated heterocycles. The first-order valence-electron chi connectivity index (χ1n) is 7.07. The Morgan fingerprint density at radius 3 is 2.30 bits per heavy atom. The molecule has 0 aromatic heterocycles. The Labute approximate surface area is 121 Å². The lowest BCUT2D eigenvalue weighted by Crippen LogP contribution is -2.44. The van der Waals surface area contributed by atoms with Gasteiger partial charge in [0.1, 0.15) is 11.6 Å². The molecule has 0 fully saturated rings. The molecule has 6 nitrogen and oxygen atoms in total. The Hall–Kier alpha value is -1.30. The summed E-state index contributed by atoms with van der Waals surface area (Å²) in [6.45, 7) is 9.20. The van der Waals surface area contributed by atoms with Crippen LogP contribution in [0.1, 0.15) is 53.9 Å². The van der Waals surface area contributed by atoms with Gasteiger partial charge in [-0.25, -0.2) is 9.59 Å². The van der Waals surface area contributed by atoms with E-state index < -0.39 is 23.7 Å². The highest BCUT2D eigenvalue weighted by atomic mass is 16.6. The zero-order chi connectivity index (χ0) is 15.8. The van der Waals surface area contributed by atoms with Crippen LogP contribution in [0.15, 0.2) is 0 Å². The van der Waals surface area contributed by atoms with E-state index in [2.05, 4.69) is 5.32 Å². The smallest absolute Gasteiger partial charge is 0.408 e. The van der Waals surface area contributed by atoms with Crippen LogP contribution in [0, 0.1) is 0 Å². The third-order valence-corrected chi connectivity index (χ3v) is 2.41. The molecule has 0 aliphatic carbocycles. The summed E-state index contributed by atoms with van der Waals surface area (Å²) in [5.74, 6) is -0.442. The molecule has 0 saturated carbocycles. The van der Waals surface area contributed by atoms with Crippen molar-refractivity contribution in [3.05, 3.63) is 0 Å². The Bertz CT molecular complexity index is 311. The summed E-state index contributed by atoms with van der Waals surface area (Å²) >= 11 is 0. The number of carbonyl (C=O) groups excluding carboxylic acids is 2. The van der Waals surface area contributed by atoms with Crippen molar-refractivity contribution >= 4 is 12.1 Å². The lowest BCUT2D eigenvalue weighted by atomic mass is 10.1. The summed E-state index contributed by atoms with van der Waals surface area (Å²) < 4.78 is 10.1. The molecular weight excluding hydrogens is 260 g/mol. The predicted molar refractivity (Wildman–Crippen MR) is 77.3 cm³/mol. The molecule has 0 unspecified atom stereocenters. The minimum absolute atomic E-state index is 0.0689. The van der Waals surface area contributed by atoms with Crippen molar-refractivity contribution < 1.29 is 19.1 Å². The van der Waals surface area contributed by atoms with E-state index in [0.29, 0.717) is 6.42 Å². The van der Waals surface area contributed by atoms with E-state index in [-0.39, 0.29) is 12.6 Å². The Balaban J connectivity index is 4.44. The molecule has 0 aliphatic rings. The molecule has 0 heterocycles. The maximum absolute atomic E-state index is 11.8.